The summed E-state index contributed by atoms with van der Waals surface area (Å²) in [5.74, 6) is -0.613. The summed E-state index contributed by atoms with van der Waals surface area (Å²) in [6, 6.07) is 0. The first kappa shape index (κ1) is 90.1. The molecule has 3 N–H and O–H groups in total. The number of hydrogen-bond acceptors (Lipinski definition) is 15. The Labute approximate surface area is 562 Å². The third-order valence-electron chi connectivity index (χ3n) is 17.7. The molecule has 0 fully saturated rings. The number of hydrogen-bond donors (Lipinski definition) is 3. The number of phosphoric acid groups is 2. The van der Waals surface area contributed by atoms with Crippen molar-refractivity contribution >= 4 is 39.5 Å². The fraction of sp³-hybridized carbons (Fsp3) is 0.945. The van der Waals surface area contributed by atoms with Gasteiger partial charge in [0.15, 0.2) is 12.2 Å². The van der Waals surface area contributed by atoms with Crippen LogP contribution in [-0.4, -0.2) is 96.7 Å². The van der Waals surface area contributed by atoms with Crippen molar-refractivity contribution in [1.29, 1.82) is 0 Å². The van der Waals surface area contributed by atoms with Gasteiger partial charge in [0.05, 0.1) is 26.4 Å². The van der Waals surface area contributed by atoms with Gasteiger partial charge in [-0.2, -0.15) is 0 Å². The van der Waals surface area contributed by atoms with Crippen molar-refractivity contribution in [2.45, 2.75) is 394 Å². The number of phosphoric ester groups is 2. The highest BCUT2D eigenvalue weighted by Crippen LogP contribution is 2.45. The summed E-state index contributed by atoms with van der Waals surface area (Å²) in [5, 5.41) is 10.6. The summed E-state index contributed by atoms with van der Waals surface area (Å²) in [6.45, 7) is 9.53. The number of carbonyl (C=O) groups excluding carboxylic acids is 4. The zero-order valence-electron chi connectivity index (χ0n) is 59.9. The molecule has 0 heterocycles. The molecule has 0 saturated carbocycles. The first-order chi connectivity index (χ1) is 44.4. The highest BCUT2D eigenvalue weighted by atomic mass is 31.2. The van der Waals surface area contributed by atoms with E-state index in [1.165, 1.54) is 186 Å². The zero-order chi connectivity index (χ0) is 67.9. The van der Waals surface area contributed by atoms with Crippen LogP contribution in [0.25, 0.3) is 0 Å². The van der Waals surface area contributed by atoms with Crippen molar-refractivity contribution in [2.75, 3.05) is 39.6 Å². The van der Waals surface area contributed by atoms with Crippen LogP contribution in [0.1, 0.15) is 375 Å². The quantitative estimate of drug-likeness (QED) is 0.0222. The maximum atomic E-state index is 13.1. The minimum Gasteiger partial charge on any atom is -0.462 e. The highest BCUT2D eigenvalue weighted by molar-refractivity contribution is 7.47. The summed E-state index contributed by atoms with van der Waals surface area (Å²) in [4.78, 5) is 72.6. The first-order valence-corrected chi connectivity index (χ1v) is 41.1. The van der Waals surface area contributed by atoms with Gasteiger partial charge in [-0.15, -0.1) is 0 Å². The van der Waals surface area contributed by atoms with Gasteiger partial charge in [-0.25, -0.2) is 9.13 Å². The molecule has 0 aromatic rings. The highest BCUT2D eigenvalue weighted by Gasteiger charge is 2.30. The van der Waals surface area contributed by atoms with Crippen molar-refractivity contribution in [1.82, 2.24) is 0 Å². The van der Waals surface area contributed by atoms with E-state index in [9.17, 15) is 43.2 Å². The molecule has 4 unspecified atom stereocenters. The third-order valence-corrected chi connectivity index (χ3v) is 19.6. The number of aliphatic hydroxyl groups excluding tert-OH is 1. The summed E-state index contributed by atoms with van der Waals surface area (Å²) in [6.07, 6.45) is 51.3. The molecular formula is C73H142O17P2. The van der Waals surface area contributed by atoms with Crippen LogP contribution in [0.3, 0.4) is 0 Å². The molecule has 17 nitrogen and oxygen atoms in total. The lowest BCUT2D eigenvalue weighted by Crippen LogP contribution is -2.30. The Bertz CT molecular complexity index is 1790. The van der Waals surface area contributed by atoms with Crippen LogP contribution >= 0.6 is 15.6 Å². The van der Waals surface area contributed by atoms with E-state index in [2.05, 4.69) is 41.5 Å². The summed E-state index contributed by atoms with van der Waals surface area (Å²) in [5.41, 5.74) is 0. The largest absolute Gasteiger partial charge is 0.472 e. The van der Waals surface area contributed by atoms with Gasteiger partial charge < -0.3 is 33.8 Å². The number of ether oxygens (including phenoxy) is 4. The number of unbranched alkanes of at least 4 members (excludes halogenated alkanes) is 40. The van der Waals surface area contributed by atoms with Crippen LogP contribution < -0.4 is 0 Å². The van der Waals surface area contributed by atoms with Crippen molar-refractivity contribution in [3.8, 4) is 0 Å². The number of carbonyl (C=O) groups is 4. The SMILES string of the molecule is CCCCCCCCCCCCCCCCCCCCCC(=O)O[C@H](COC(=O)CCCCCCCCCCC(C)CC)COP(=O)(O)OC[C@@H](O)COP(=O)(O)OC[C@@H](COC(=O)CCCCCCCCC(C)CC)OC(=O)CCCCCCCCCCCCC. The normalized spacial score (nSPS) is 14.7. The molecule has 0 aromatic heterocycles. The molecule has 0 amide bonds. The van der Waals surface area contributed by atoms with Crippen LogP contribution in [0.4, 0.5) is 0 Å². The molecule has 7 atom stereocenters. The molecule has 0 rings (SSSR count). The zero-order valence-corrected chi connectivity index (χ0v) is 61.6. The van der Waals surface area contributed by atoms with Crippen LogP contribution in [-0.2, 0) is 65.4 Å². The second-order valence-corrected chi connectivity index (χ2v) is 29.7. The second kappa shape index (κ2) is 65.0. The molecule has 0 radical (unpaired) electrons. The maximum absolute atomic E-state index is 13.1. The van der Waals surface area contributed by atoms with Gasteiger partial charge >= 0.3 is 39.5 Å². The second-order valence-electron chi connectivity index (χ2n) is 26.8. The van der Waals surface area contributed by atoms with Crippen molar-refractivity contribution in [3.63, 3.8) is 0 Å². The van der Waals surface area contributed by atoms with Gasteiger partial charge in [-0.05, 0) is 37.5 Å². The van der Waals surface area contributed by atoms with Gasteiger partial charge in [0.2, 0.25) is 0 Å². The average Bonchev–Trinajstić information content (AvgIpc) is 3.07. The van der Waals surface area contributed by atoms with Crippen LogP contribution in [0.2, 0.25) is 0 Å². The van der Waals surface area contributed by atoms with Crippen molar-refractivity contribution in [3.05, 3.63) is 0 Å². The van der Waals surface area contributed by atoms with E-state index in [4.69, 9.17) is 37.0 Å². The van der Waals surface area contributed by atoms with E-state index < -0.39 is 97.5 Å². The predicted molar refractivity (Wildman–Crippen MR) is 372 cm³/mol. The average molecular weight is 1350 g/mol. The van der Waals surface area contributed by atoms with Crippen LogP contribution in [0.15, 0.2) is 0 Å². The fourth-order valence-electron chi connectivity index (χ4n) is 11.1. The van der Waals surface area contributed by atoms with Gasteiger partial charge in [0.1, 0.15) is 19.3 Å². The molecule has 92 heavy (non-hydrogen) atoms. The van der Waals surface area contributed by atoms with E-state index in [0.717, 1.165) is 108 Å². The molecule has 0 aliphatic carbocycles. The molecular weight excluding hydrogens is 1210 g/mol. The monoisotopic (exact) mass is 1350 g/mol. The topological polar surface area (TPSA) is 237 Å². The maximum Gasteiger partial charge on any atom is 0.472 e. The molecule has 0 bridgehead atoms. The Hall–Kier alpha value is -1.94. The van der Waals surface area contributed by atoms with Gasteiger partial charge in [0.25, 0.3) is 0 Å². The number of esters is 4. The Balaban J connectivity index is 5.22. The number of aliphatic hydroxyl groups is 1. The Morgan fingerprint density at radius 3 is 0.772 bits per heavy atom. The Morgan fingerprint density at radius 1 is 0.304 bits per heavy atom. The lowest BCUT2D eigenvalue weighted by atomic mass is 9.99. The molecule has 0 spiro atoms. The van der Waals surface area contributed by atoms with Crippen molar-refractivity contribution in [2.24, 2.45) is 11.8 Å². The third kappa shape index (κ3) is 64.1. The van der Waals surface area contributed by atoms with E-state index in [1.807, 2.05) is 0 Å². The summed E-state index contributed by atoms with van der Waals surface area (Å²) >= 11 is 0. The molecule has 0 aromatic carbocycles. The lowest BCUT2D eigenvalue weighted by Gasteiger charge is -2.21. The van der Waals surface area contributed by atoms with E-state index in [0.29, 0.717) is 25.7 Å². The van der Waals surface area contributed by atoms with Gasteiger partial charge in [0, 0.05) is 25.7 Å². The molecule has 0 aliphatic rings. The molecule has 546 valence electrons. The molecule has 19 heteroatoms. The fourth-order valence-corrected chi connectivity index (χ4v) is 12.6. The van der Waals surface area contributed by atoms with E-state index in [1.54, 1.807) is 0 Å². The lowest BCUT2D eigenvalue weighted by molar-refractivity contribution is -0.161. The van der Waals surface area contributed by atoms with Gasteiger partial charge in [-0.3, -0.25) is 37.3 Å². The van der Waals surface area contributed by atoms with Crippen LogP contribution in [0, 0.1) is 11.8 Å². The van der Waals surface area contributed by atoms with E-state index >= 15 is 0 Å². The summed E-state index contributed by atoms with van der Waals surface area (Å²) in [7, 11) is -9.90. The minimum atomic E-state index is -4.95. The standard InChI is InChI=1S/C73H142O17P2/c1-7-11-13-15-17-19-21-22-23-24-25-26-27-28-30-32-38-46-52-58-73(78)89-68(61-83-70(75)55-49-43-36-34-33-35-41-47-53-65(5)9-3)63-87-91(79,80)85-59-67(74)60-86-92(81,82)88-64-69(62-84-71(76)56-50-44-40-39-42-48-54-66(6)10-4)90-72(77)57-51-45-37-31-29-20-18-16-14-12-8-2/h65-69,74H,7-64H2,1-6H3,(H,79,80)(H,81,82)/t65?,66?,67-,68-,69-/m1/s1. The van der Waals surface area contributed by atoms with Crippen LogP contribution in [0.5, 0.6) is 0 Å². The van der Waals surface area contributed by atoms with Crippen molar-refractivity contribution < 1.29 is 80.2 Å². The Kier molecular flexibility index (Phi) is 63.7. The smallest absolute Gasteiger partial charge is 0.462 e. The van der Waals surface area contributed by atoms with E-state index in [-0.39, 0.29) is 25.7 Å². The minimum absolute atomic E-state index is 0.106. The predicted octanol–water partition coefficient (Wildman–Crippen LogP) is 21.2. The molecule has 0 aliphatic heterocycles. The summed E-state index contributed by atoms with van der Waals surface area (Å²) < 4.78 is 68.4. The van der Waals surface area contributed by atoms with Gasteiger partial charge in [-0.1, -0.05) is 324 Å². The Morgan fingerprint density at radius 2 is 0.522 bits per heavy atom. The number of rotatable bonds is 72. The first-order valence-electron chi connectivity index (χ1n) is 38.1. The molecule has 0 saturated heterocycles.